The number of unbranched alkanes of at least 4 members (excludes halogenated alkanes) is 1. The van der Waals surface area contributed by atoms with Crippen LogP contribution in [-0.2, 0) is 11.4 Å². The van der Waals surface area contributed by atoms with Gasteiger partial charge in [0.1, 0.15) is 12.4 Å². The number of nitrogens with one attached hydrogen (secondary N) is 1. The minimum atomic E-state index is -0.0488. The smallest absolute Gasteiger partial charge is 0.243 e. The maximum Gasteiger partial charge on any atom is 0.243 e. The van der Waals surface area contributed by atoms with E-state index in [0.29, 0.717) is 6.61 Å². The van der Waals surface area contributed by atoms with Crippen LogP contribution in [0.2, 0.25) is 0 Å². The number of carbonyl (C=O) groups is 1. The highest BCUT2D eigenvalue weighted by atomic mass is 16.5. The minimum absolute atomic E-state index is 0.0488. The van der Waals surface area contributed by atoms with Crippen molar-refractivity contribution >= 4 is 12.0 Å². The molecule has 0 saturated heterocycles. The molecular weight excluding hydrogens is 348 g/mol. The number of rotatable bonds is 12. The maximum atomic E-state index is 11.9. The maximum absolute atomic E-state index is 11.9. The van der Waals surface area contributed by atoms with E-state index < -0.39 is 0 Å². The molecule has 2 rings (SSSR count). The average molecular weight is 381 g/mol. The van der Waals surface area contributed by atoms with Crippen LogP contribution in [0.5, 0.6) is 5.75 Å². The van der Waals surface area contributed by atoms with E-state index in [1.165, 1.54) is 0 Å². The molecule has 0 atom stereocenters. The molecule has 0 fully saturated rings. The lowest BCUT2D eigenvalue weighted by atomic mass is 10.2. The number of benzene rings is 2. The quantitative estimate of drug-likeness (QED) is 0.435. The summed E-state index contributed by atoms with van der Waals surface area (Å²) in [6.45, 7) is 8.89. The third-order valence-corrected chi connectivity index (χ3v) is 4.65. The van der Waals surface area contributed by atoms with E-state index in [-0.39, 0.29) is 5.91 Å². The number of hydrogen-bond acceptors (Lipinski definition) is 3. The topological polar surface area (TPSA) is 41.6 Å². The molecule has 0 aliphatic carbocycles. The molecule has 0 saturated carbocycles. The third-order valence-electron chi connectivity index (χ3n) is 4.65. The van der Waals surface area contributed by atoms with Crippen molar-refractivity contribution in [2.24, 2.45) is 0 Å². The predicted molar refractivity (Wildman–Crippen MR) is 116 cm³/mol. The summed E-state index contributed by atoms with van der Waals surface area (Å²) < 4.78 is 5.77. The first-order valence-electron chi connectivity index (χ1n) is 10.2. The molecule has 0 unspecified atom stereocenters. The summed E-state index contributed by atoms with van der Waals surface area (Å²) in [5.74, 6) is 0.769. The van der Waals surface area contributed by atoms with Gasteiger partial charge in [0.2, 0.25) is 5.91 Å². The molecule has 2 aromatic carbocycles. The Balaban J connectivity index is 1.66. The fourth-order valence-electron chi connectivity index (χ4n) is 2.86. The molecule has 2 aromatic rings. The van der Waals surface area contributed by atoms with Crippen LogP contribution in [0, 0.1) is 0 Å². The number of carbonyl (C=O) groups excluding carboxylic acids is 1. The summed E-state index contributed by atoms with van der Waals surface area (Å²) in [4.78, 5) is 14.3. The van der Waals surface area contributed by atoms with Crippen LogP contribution in [0.25, 0.3) is 6.08 Å². The van der Waals surface area contributed by atoms with Gasteiger partial charge in [-0.05, 0) is 61.8 Å². The summed E-state index contributed by atoms with van der Waals surface area (Å²) in [7, 11) is 0. The Morgan fingerprint density at radius 3 is 2.39 bits per heavy atom. The Morgan fingerprint density at radius 1 is 1.00 bits per heavy atom. The zero-order valence-electron chi connectivity index (χ0n) is 17.1. The molecule has 0 heterocycles. The summed E-state index contributed by atoms with van der Waals surface area (Å²) in [5, 5.41) is 2.94. The van der Waals surface area contributed by atoms with Crippen molar-refractivity contribution in [3.05, 3.63) is 71.8 Å². The lowest BCUT2D eigenvalue weighted by Gasteiger charge is -2.17. The molecule has 28 heavy (non-hydrogen) atoms. The zero-order valence-corrected chi connectivity index (χ0v) is 17.1. The Labute approximate surface area is 169 Å². The molecule has 1 N–H and O–H groups in total. The lowest BCUT2D eigenvalue weighted by molar-refractivity contribution is -0.116. The van der Waals surface area contributed by atoms with E-state index in [0.717, 1.165) is 55.9 Å². The second-order valence-electron chi connectivity index (χ2n) is 6.70. The van der Waals surface area contributed by atoms with E-state index >= 15 is 0 Å². The van der Waals surface area contributed by atoms with Crippen LogP contribution in [-0.4, -0.2) is 37.0 Å². The predicted octanol–water partition coefficient (Wildman–Crippen LogP) is 4.52. The molecule has 0 aliphatic heterocycles. The van der Waals surface area contributed by atoms with Crippen LogP contribution in [0.1, 0.15) is 37.8 Å². The average Bonchev–Trinajstić information content (AvgIpc) is 2.75. The normalized spacial score (nSPS) is 11.1. The van der Waals surface area contributed by atoms with Crippen molar-refractivity contribution in [3.8, 4) is 5.75 Å². The van der Waals surface area contributed by atoms with E-state index in [4.69, 9.17) is 4.74 Å². The lowest BCUT2D eigenvalue weighted by Crippen LogP contribution is -2.26. The van der Waals surface area contributed by atoms with E-state index in [1.54, 1.807) is 6.08 Å². The van der Waals surface area contributed by atoms with Crippen LogP contribution in [0.15, 0.2) is 60.7 Å². The summed E-state index contributed by atoms with van der Waals surface area (Å²) in [6.07, 6.45) is 5.52. The van der Waals surface area contributed by atoms with Gasteiger partial charge in [-0.1, -0.05) is 56.3 Å². The van der Waals surface area contributed by atoms with E-state index in [9.17, 15) is 4.79 Å². The zero-order chi connectivity index (χ0) is 20.0. The molecule has 0 radical (unpaired) electrons. The summed E-state index contributed by atoms with van der Waals surface area (Å²) in [6, 6.07) is 17.8. The fraction of sp³-hybridized carbons (Fsp3) is 0.375. The Hall–Kier alpha value is -2.59. The molecule has 0 spiro atoms. The monoisotopic (exact) mass is 380 g/mol. The molecule has 0 bridgehead atoms. The molecule has 0 aromatic heterocycles. The molecule has 1 amide bonds. The number of amides is 1. The van der Waals surface area contributed by atoms with Gasteiger partial charge in [-0.2, -0.15) is 0 Å². The fourth-order valence-corrected chi connectivity index (χ4v) is 2.86. The Bertz CT molecular complexity index is 707. The Morgan fingerprint density at radius 2 is 1.71 bits per heavy atom. The number of nitrogens with zero attached hydrogens (tertiary/aromatic N) is 1. The van der Waals surface area contributed by atoms with Gasteiger partial charge in [0.25, 0.3) is 0 Å². The van der Waals surface area contributed by atoms with Crippen molar-refractivity contribution in [3.63, 3.8) is 0 Å². The highest BCUT2D eigenvalue weighted by Crippen LogP contribution is 2.15. The number of ether oxygens (including phenoxy) is 1. The second kappa shape index (κ2) is 12.7. The molecule has 0 aliphatic rings. The van der Waals surface area contributed by atoms with Crippen LogP contribution in [0.3, 0.4) is 0 Å². The molecule has 4 nitrogen and oxygen atoms in total. The van der Waals surface area contributed by atoms with E-state index in [2.05, 4.69) is 24.1 Å². The highest BCUT2D eigenvalue weighted by Gasteiger charge is 2.00. The van der Waals surface area contributed by atoms with Crippen molar-refractivity contribution in [1.29, 1.82) is 0 Å². The van der Waals surface area contributed by atoms with Gasteiger partial charge in [-0.3, -0.25) is 4.79 Å². The second-order valence-corrected chi connectivity index (χ2v) is 6.70. The van der Waals surface area contributed by atoms with Crippen molar-refractivity contribution < 1.29 is 9.53 Å². The molecule has 4 heteroatoms. The third kappa shape index (κ3) is 8.40. The number of hydrogen-bond donors (Lipinski definition) is 1. The van der Waals surface area contributed by atoms with Gasteiger partial charge in [-0.25, -0.2) is 0 Å². The first-order valence-corrected chi connectivity index (χ1v) is 10.2. The van der Waals surface area contributed by atoms with Gasteiger partial charge in [0.05, 0.1) is 0 Å². The molecule has 150 valence electrons. The Kier molecular flexibility index (Phi) is 9.87. The van der Waals surface area contributed by atoms with Gasteiger partial charge in [0, 0.05) is 12.6 Å². The first-order chi connectivity index (χ1) is 13.7. The first kappa shape index (κ1) is 21.7. The largest absolute Gasteiger partial charge is 0.489 e. The van der Waals surface area contributed by atoms with E-state index in [1.807, 2.05) is 60.7 Å². The SMILES string of the molecule is CCN(CC)CCCCNC(=O)/C=C/c1ccc(OCc2ccccc2)cc1. The van der Waals surface area contributed by atoms with Crippen molar-refractivity contribution in [2.75, 3.05) is 26.2 Å². The summed E-state index contributed by atoms with van der Waals surface area (Å²) in [5.41, 5.74) is 2.11. The molecular formula is C24H32N2O2. The van der Waals surface area contributed by atoms with Gasteiger partial charge < -0.3 is 15.0 Å². The van der Waals surface area contributed by atoms with Crippen molar-refractivity contribution in [1.82, 2.24) is 10.2 Å². The minimum Gasteiger partial charge on any atom is -0.489 e. The van der Waals surface area contributed by atoms with Crippen molar-refractivity contribution in [2.45, 2.75) is 33.3 Å². The van der Waals surface area contributed by atoms with Gasteiger partial charge in [-0.15, -0.1) is 0 Å². The van der Waals surface area contributed by atoms with Gasteiger partial charge >= 0.3 is 0 Å². The van der Waals surface area contributed by atoms with Gasteiger partial charge in [0.15, 0.2) is 0 Å². The highest BCUT2D eigenvalue weighted by molar-refractivity contribution is 5.91. The van der Waals surface area contributed by atoms with Crippen LogP contribution >= 0.6 is 0 Å². The summed E-state index contributed by atoms with van der Waals surface area (Å²) >= 11 is 0. The van der Waals surface area contributed by atoms with Crippen LogP contribution in [0.4, 0.5) is 0 Å². The standard InChI is InChI=1S/C24H32N2O2/c1-3-26(4-2)19-9-8-18-25-24(27)17-14-21-12-15-23(16-13-21)28-20-22-10-6-5-7-11-22/h5-7,10-17H,3-4,8-9,18-20H2,1-2H3,(H,25,27)/b17-14+. The van der Waals surface area contributed by atoms with Crippen LogP contribution < -0.4 is 10.1 Å².